The van der Waals surface area contributed by atoms with Gasteiger partial charge in [0.15, 0.2) is 5.82 Å². The van der Waals surface area contributed by atoms with Crippen molar-refractivity contribution in [1.29, 1.82) is 0 Å². The molecule has 0 aliphatic carbocycles. The number of anilines is 1. The Labute approximate surface area is 189 Å². The topological polar surface area (TPSA) is 119 Å². The number of carbonyl (C=O) groups excluding carboxylic acids is 1. The number of ether oxygens (including phenoxy) is 1. The number of carbonyl (C=O) groups is 1. The molecule has 1 atom stereocenters. The van der Waals surface area contributed by atoms with Crippen LogP contribution < -0.4 is 15.8 Å². The van der Waals surface area contributed by atoms with Crippen LogP contribution in [0.5, 0.6) is 5.88 Å². The van der Waals surface area contributed by atoms with Crippen molar-refractivity contribution in [2.24, 2.45) is 5.92 Å². The molecule has 0 bridgehead atoms. The van der Waals surface area contributed by atoms with Gasteiger partial charge in [-0.25, -0.2) is 9.97 Å². The molecule has 8 nitrogen and oxygen atoms in total. The highest BCUT2D eigenvalue weighted by atomic mass is 35.5. The predicted molar refractivity (Wildman–Crippen MR) is 123 cm³/mol. The Morgan fingerprint density at radius 2 is 1.94 bits per heavy atom. The number of piperidine rings is 1. The summed E-state index contributed by atoms with van der Waals surface area (Å²) >= 11 is 6.49. The molecule has 3 heterocycles. The lowest BCUT2D eigenvalue weighted by Crippen LogP contribution is -2.35. The van der Waals surface area contributed by atoms with Gasteiger partial charge in [0.1, 0.15) is 5.69 Å². The number of halogens is 1. The largest absolute Gasteiger partial charge is 0.475 e. The molecule has 1 aliphatic heterocycles. The molecule has 2 aromatic carbocycles. The quantitative estimate of drug-likeness (QED) is 0.427. The number of H-pyrrole nitrogens is 1. The van der Waals surface area contributed by atoms with E-state index in [1.807, 2.05) is 42.5 Å². The van der Waals surface area contributed by atoms with Crippen molar-refractivity contribution in [3.8, 4) is 28.4 Å². The highest BCUT2D eigenvalue weighted by Gasteiger charge is 2.22. The van der Waals surface area contributed by atoms with E-state index in [-0.39, 0.29) is 23.5 Å². The van der Waals surface area contributed by atoms with Gasteiger partial charge in [0.2, 0.25) is 5.91 Å². The molecule has 0 spiro atoms. The smallest absolute Gasteiger partial charge is 0.257 e. The lowest BCUT2D eigenvalue weighted by Gasteiger charge is -2.22. The first-order valence-electron chi connectivity index (χ1n) is 10.3. The highest BCUT2D eigenvalue weighted by molar-refractivity contribution is 6.35. The van der Waals surface area contributed by atoms with Gasteiger partial charge in [-0.3, -0.25) is 9.89 Å². The summed E-state index contributed by atoms with van der Waals surface area (Å²) in [6.45, 7) is 0.993. The van der Waals surface area contributed by atoms with E-state index in [1.165, 1.54) is 0 Å². The van der Waals surface area contributed by atoms with Crippen molar-refractivity contribution in [3.63, 3.8) is 0 Å². The maximum atomic E-state index is 11.7. The Balaban J connectivity index is 1.57. The lowest BCUT2D eigenvalue weighted by molar-refractivity contribution is -0.123. The number of nitrogen functional groups attached to an aromatic ring is 1. The number of aromatic nitrogens is 4. The number of hydrogen-bond acceptors (Lipinski definition) is 6. The fourth-order valence-electron chi connectivity index (χ4n) is 3.88. The Bertz CT molecular complexity index is 1290. The van der Waals surface area contributed by atoms with Crippen LogP contribution >= 0.6 is 11.6 Å². The van der Waals surface area contributed by atoms with Gasteiger partial charge in [-0.1, -0.05) is 41.9 Å². The molecule has 1 fully saturated rings. The van der Waals surface area contributed by atoms with E-state index in [0.717, 1.165) is 28.5 Å². The zero-order valence-electron chi connectivity index (χ0n) is 17.1. The van der Waals surface area contributed by atoms with Crippen LogP contribution in [0.2, 0.25) is 5.02 Å². The molecule has 0 saturated carbocycles. The second kappa shape index (κ2) is 8.47. The highest BCUT2D eigenvalue weighted by Crippen LogP contribution is 2.36. The van der Waals surface area contributed by atoms with Crippen molar-refractivity contribution in [2.75, 3.05) is 18.9 Å². The third-order valence-electron chi connectivity index (χ3n) is 5.51. The van der Waals surface area contributed by atoms with E-state index in [2.05, 4.69) is 20.5 Å². The molecule has 5 rings (SSSR count). The second-order valence-corrected chi connectivity index (χ2v) is 8.20. The molecule has 2 aromatic heterocycles. The number of nitrogens with two attached hydrogens (primary N) is 1. The Morgan fingerprint density at radius 1 is 1.12 bits per heavy atom. The van der Waals surface area contributed by atoms with Crippen LogP contribution in [-0.2, 0) is 4.79 Å². The van der Waals surface area contributed by atoms with E-state index >= 15 is 0 Å². The predicted octanol–water partition coefficient (Wildman–Crippen LogP) is 3.83. The van der Waals surface area contributed by atoms with Gasteiger partial charge >= 0.3 is 0 Å². The normalized spacial score (nSPS) is 16.2. The maximum absolute atomic E-state index is 11.7. The van der Waals surface area contributed by atoms with Gasteiger partial charge in [-0.2, -0.15) is 5.10 Å². The Hall–Kier alpha value is -3.65. The molecular weight excluding hydrogens is 428 g/mol. The van der Waals surface area contributed by atoms with Gasteiger partial charge < -0.3 is 15.8 Å². The first kappa shape index (κ1) is 20.3. The SMILES string of the molecule is Nc1nc(-c2ccccc2)c(-c2cc(Cl)c3[nH]ncc3c2)nc1OCC1CCNC(=O)C1. The summed E-state index contributed by atoms with van der Waals surface area (Å²) in [6, 6.07) is 13.5. The average molecular weight is 449 g/mol. The molecule has 1 amide bonds. The summed E-state index contributed by atoms with van der Waals surface area (Å²) in [5, 5.41) is 11.2. The molecule has 1 aliphatic rings. The average Bonchev–Trinajstić information content (AvgIpc) is 3.28. The van der Waals surface area contributed by atoms with Gasteiger partial charge in [0.25, 0.3) is 5.88 Å². The van der Waals surface area contributed by atoms with Crippen LogP contribution in [0, 0.1) is 5.92 Å². The zero-order chi connectivity index (χ0) is 22.1. The molecule has 32 heavy (non-hydrogen) atoms. The van der Waals surface area contributed by atoms with Crippen molar-refractivity contribution >= 4 is 34.2 Å². The van der Waals surface area contributed by atoms with E-state index in [0.29, 0.717) is 36.0 Å². The standard InChI is InChI=1S/C23H21ClN6O2/c24-17-10-15(9-16-11-27-30-19(16)17)21-20(14-4-2-1-3-5-14)28-22(25)23(29-21)32-12-13-6-7-26-18(31)8-13/h1-5,9-11,13H,6-8,12H2,(H2,25,28)(H,26,31)(H,27,30). The molecular formula is C23H21ClN6O2. The summed E-state index contributed by atoms with van der Waals surface area (Å²) in [5.74, 6) is 0.587. The van der Waals surface area contributed by atoms with Crippen LogP contribution in [0.15, 0.2) is 48.7 Å². The molecule has 9 heteroatoms. The maximum Gasteiger partial charge on any atom is 0.257 e. The minimum absolute atomic E-state index is 0.0343. The van der Waals surface area contributed by atoms with Crippen LogP contribution in [0.4, 0.5) is 5.82 Å². The van der Waals surface area contributed by atoms with Crippen LogP contribution in [0.3, 0.4) is 0 Å². The van der Waals surface area contributed by atoms with Crippen LogP contribution in [0.1, 0.15) is 12.8 Å². The molecule has 162 valence electrons. The molecule has 1 unspecified atom stereocenters. The van der Waals surface area contributed by atoms with Crippen LogP contribution in [-0.4, -0.2) is 39.2 Å². The molecule has 4 aromatic rings. The van der Waals surface area contributed by atoms with E-state index < -0.39 is 0 Å². The summed E-state index contributed by atoms with van der Waals surface area (Å²) in [4.78, 5) is 21.1. The number of nitrogens with zero attached hydrogens (tertiary/aromatic N) is 3. The van der Waals surface area contributed by atoms with E-state index in [9.17, 15) is 4.79 Å². The van der Waals surface area contributed by atoms with Crippen molar-refractivity contribution < 1.29 is 9.53 Å². The third kappa shape index (κ3) is 3.97. The monoisotopic (exact) mass is 448 g/mol. The van der Waals surface area contributed by atoms with Crippen LogP contribution in [0.25, 0.3) is 33.4 Å². The number of rotatable bonds is 5. The number of nitrogens with one attached hydrogen (secondary N) is 2. The summed E-state index contributed by atoms with van der Waals surface area (Å²) in [7, 11) is 0. The van der Waals surface area contributed by atoms with Gasteiger partial charge in [-0.05, 0) is 18.6 Å². The third-order valence-corrected chi connectivity index (χ3v) is 5.81. The zero-order valence-corrected chi connectivity index (χ0v) is 17.9. The number of benzene rings is 2. The summed E-state index contributed by atoms with van der Waals surface area (Å²) < 4.78 is 5.95. The fraction of sp³-hybridized carbons (Fsp3) is 0.217. The minimum Gasteiger partial charge on any atom is -0.475 e. The van der Waals surface area contributed by atoms with Crippen molar-refractivity contribution in [1.82, 2.24) is 25.5 Å². The Kier molecular flexibility index (Phi) is 5.36. The van der Waals surface area contributed by atoms with Gasteiger partial charge in [0.05, 0.1) is 29.0 Å². The first-order chi connectivity index (χ1) is 15.6. The molecule has 4 N–H and O–H groups in total. The number of fused-ring (bicyclic) bond motifs is 1. The second-order valence-electron chi connectivity index (χ2n) is 7.79. The fourth-order valence-corrected chi connectivity index (χ4v) is 4.15. The lowest BCUT2D eigenvalue weighted by atomic mass is 9.99. The van der Waals surface area contributed by atoms with Gasteiger partial charge in [0, 0.05) is 35.4 Å². The molecule has 0 radical (unpaired) electrons. The van der Waals surface area contributed by atoms with Gasteiger partial charge in [-0.15, -0.1) is 0 Å². The first-order valence-corrected chi connectivity index (χ1v) is 10.7. The van der Waals surface area contributed by atoms with Crippen molar-refractivity contribution in [3.05, 3.63) is 53.7 Å². The number of hydrogen-bond donors (Lipinski definition) is 3. The van der Waals surface area contributed by atoms with E-state index in [1.54, 1.807) is 6.20 Å². The van der Waals surface area contributed by atoms with E-state index in [4.69, 9.17) is 27.1 Å². The number of aromatic amines is 1. The van der Waals surface area contributed by atoms with Crippen molar-refractivity contribution in [2.45, 2.75) is 12.8 Å². The number of amides is 1. The minimum atomic E-state index is 0.0343. The summed E-state index contributed by atoms with van der Waals surface area (Å²) in [6.07, 6.45) is 2.99. The Morgan fingerprint density at radius 3 is 2.75 bits per heavy atom. The molecule has 1 saturated heterocycles. The summed E-state index contributed by atoms with van der Waals surface area (Å²) in [5.41, 5.74) is 9.88.